The summed E-state index contributed by atoms with van der Waals surface area (Å²) in [6.45, 7) is 6.89. The first-order valence-electron chi connectivity index (χ1n) is 7.80. The van der Waals surface area contributed by atoms with E-state index in [4.69, 9.17) is 10.5 Å². The number of anilines is 1. The average Bonchev–Trinajstić information content (AvgIpc) is 2.53. The van der Waals surface area contributed by atoms with Gasteiger partial charge in [-0.25, -0.2) is 4.99 Å². The number of ether oxygens (including phenoxy) is 1. The standard InChI is InChI=1S/C19H25N3O.HI/c1-13(2)16-6-5-7-17(11-16)22-19(20)21-12-15-8-9-18(23-4)14(3)10-15;/h5-11,13H,12H2,1-4H3,(H3,20,21,22);1H. The molecule has 0 bridgehead atoms. The van der Waals surface area contributed by atoms with Crippen molar-refractivity contribution in [2.75, 3.05) is 12.4 Å². The van der Waals surface area contributed by atoms with Crippen LogP contribution in [0.15, 0.2) is 47.5 Å². The smallest absolute Gasteiger partial charge is 0.193 e. The maximum Gasteiger partial charge on any atom is 0.193 e. The van der Waals surface area contributed by atoms with Gasteiger partial charge in [0.2, 0.25) is 0 Å². The summed E-state index contributed by atoms with van der Waals surface area (Å²) in [5.41, 5.74) is 10.4. The number of guanidine groups is 1. The van der Waals surface area contributed by atoms with Crippen LogP contribution in [0.2, 0.25) is 0 Å². The monoisotopic (exact) mass is 439 g/mol. The van der Waals surface area contributed by atoms with E-state index < -0.39 is 0 Å². The van der Waals surface area contributed by atoms with E-state index in [0.717, 1.165) is 22.6 Å². The fourth-order valence-electron chi connectivity index (χ4n) is 2.38. The van der Waals surface area contributed by atoms with Crippen LogP contribution >= 0.6 is 24.0 Å². The topological polar surface area (TPSA) is 59.6 Å². The quantitative estimate of drug-likeness (QED) is 0.405. The lowest BCUT2D eigenvalue weighted by molar-refractivity contribution is 0.411. The summed E-state index contributed by atoms with van der Waals surface area (Å²) in [4.78, 5) is 4.40. The highest BCUT2D eigenvalue weighted by Gasteiger charge is 2.02. The molecule has 2 aromatic carbocycles. The summed E-state index contributed by atoms with van der Waals surface area (Å²) in [6, 6.07) is 14.3. The lowest BCUT2D eigenvalue weighted by Crippen LogP contribution is -2.22. The SMILES string of the molecule is COc1ccc(CN=C(N)Nc2cccc(C(C)C)c2)cc1C.I. The molecule has 2 rings (SSSR count). The van der Waals surface area contributed by atoms with Crippen molar-refractivity contribution >= 4 is 35.6 Å². The van der Waals surface area contributed by atoms with Crippen LogP contribution < -0.4 is 15.8 Å². The van der Waals surface area contributed by atoms with Gasteiger partial charge in [0.1, 0.15) is 5.75 Å². The average molecular weight is 439 g/mol. The number of hydrogen-bond acceptors (Lipinski definition) is 2. The van der Waals surface area contributed by atoms with Gasteiger partial charge < -0.3 is 15.8 Å². The Morgan fingerprint density at radius 3 is 2.58 bits per heavy atom. The molecule has 0 amide bonds. The number of rotatable bonds is 5. The van der Waals surface area contributed by atoms with E-state index in [9.17, 15) is 0 Å². The molecule has 0 fully saturated rings. The molecule has 0 spiro atoms. The van der Waals surface area contributed by atoms with Gasteiger partial charge in [-0.05, 0) is 47.7 Å². The molecule has 130 valence electrons. The summed E-state index contributed by atoms with van der Waals surface area (Å²) in [5.74, 6) is 1.78. The van der Waals surface area contributed by atoms with Crippen molar-refractivity contribution in [1.82, 2.24) is 0 Å². The van der Waals surface area contributed by atoms with Crippen LogP contribution in [0.3, 0.4) is 0 Å². The van der Waals surface area contributed by atoms with Gasteiger partial charge in [0.05, 0.1) is 13.7 Å². The molecule has 5 heteroatoms. The molecule has 0 aliphatic rings. The normalized spacial score (nSPS) is 11.1. The molecule has 0 aliphatic carbocycles. The third-order valence-electron chi connectivity index (χ3n) is 3.72. The first-order chi connectivity index (χ1) is 11.0. The van der Waals surface area contributed by atoms with Gasteiger partial charge in [-0.3, -0.25) is 0 Å². The molecule has 0 radical (unpaired) electrons. The first kappa shape index (κ1) is 20.3. The highest BCUT2D eigenvalue weighted by molar-refractivity contribution is 14.0. The minimum Gasteiger partial charge on any atom is -0.496 e. The number of benzene rings is 2. The van der Waals surface area contributed by atoms with Crippen molar-refractivity contribution in [3.8, 4) is 5.75 Å². The maximum atomic E-state index is 5.99. The van der Waals surface area contributed by atoms with Crippen molar-refractivity contribution in [2.45, 2.75) is 33.2 Å². The van der Waals surface area contributed by atoms with E-state index in [1.165, 1.54) is 5.56 Å². The van der Waals surface area contributed by atoms with Gasteiger partial charge in [-0.2, -0.15) is 0 Å². The predicted octanol–water partition coefficient (Wildman–Crippen LogP) is 4.67. The Balaban J connectivity index is 0.00000288. The Hall–Kier alpha value is -1.76. The second-order valence-corrected chi connectivity index (χ2v) is 5.91. The van der Waals surface area contributed by atoms with Crippen molar-refractivity contribution < 1.29 is 4.74 Å². The Morgan fingerprint density at radius 1 is 1.21 bits per heavy atom. The number of nitrogens with one attached hydrogen (secondary N) is 1. The maximum absolute atomic E-state index is 5.99. The number of nitrogens with zero attached hydrogens (tertiary/aromatic N) is 1. The lowest BCUT2D eigenvalue weighted by atomic mass is 10.0. The largest absolute Gasteiger partial charge is 0.496 e. The molecule has 0 aliphatic heterocycles. The summed E-state index contributed by atoms with van der Waals surface area (Å²) in [7, 11) is 1.67. The number of aryl methyl sites for hydroxylation is 1. The lowest BCUT2D eigenvalue weighted by Gasteiger charge is -2.10. The van der Waals surface area contributed by atoms with Crippen LogP contribution in [0.1, 0.15) is 36.5 Å². The van der Waals surface area contributed by atoms with Gasteiger partial charge in [0.25, 0.3) is 0 Å². The Morgan fingerprint density at radius 2 is 1.96 bits per heavy atom. The van der Waals surface area contributed by atoms with Crippen molar-refractivity contribution in [1.29, 1.82) is 0 Å². The van der Waals surface area contributed by atoms with Crippen molar-refractivity contribution in [3.63, 3.8) is 0 Å². The molecular formula is C19H26IN3O. The number of methoxy groups -OCH3 is 1. The Bertz CT molecular complexity index is 699. The predicted molar refractivity (Wildman–Crippen MR) is 113 cm³/mol. The van der Waals surface area contributed by atoms with Crippen LogP contribution in [0, 0.1) is 6.92 Å². The molecule has 2 aromatic rings. The van der Waals surface area contributed by atoms with Crippen LogP contribution in [0.25, 0.3) is 0 Å². The fraction of sp³-hybridized carbons (Fsp3) is 0.316. The molecule has 0 saturated heterocycles. The van der Waals surface area contributed by atoms with Crippen molar-refractivity contribution in [2.24, 2.45) is 10.7 Å². The zero-order valence-electron chi connectivity index (χ0n) is 14.7. The molecule has 0 heterocycles. The second kappa shape index (κ2) is 9.52. The summed E-state index contributed by atoms with van der Waals surface area (Å²) in [5, 5.41) is 3.15. The van der Waals surface area contributed by atoms with Crippen LogP contribution in [-0.2, 0) is 6.54 Å². The van der Waals surface area contributed by atoms with E-state index in [2.05, 4.69) is 42.4 Å². The zero-order valence-corrected chi connectivity index (χ0v) is 17.0. The number of aliphatic imine (C=N–C) groups is 1. The van der Waals surface area contributed by atoms with Crippen molar-refractivity contribution in [3.05, 3.63) is 59.2 Å². The molecule has 0 aromatic heterocycles. The minimum absolute atomic E-state index is 0. The third kappa shape index (κ3) is 5.70. The molecule has 4 nitrogen and oxygen atoms in total. The highest BCUT2D eigenvalue weighted by atomic mass is 127. The van der Waals surface area contributed by atoms with E-state index in [0.29, 0.717) is 18.4 Å². The van der Waals surface area contributed by atoms with E-state index >= 15 is 0 Å². The van der Waals surface area contributed by atoms with Crippen LogP contribution in [-0.4, -0.2) is 13.1 Å². The van der Waals surface area contributed by atoms with Gasteiger partial charge in [-0.1, -0.05) is 38.1 Å². The van der Waals surface area contributed by atoms with Crippen LogP contribution in [0.4, 0.5) is 5.69 Å². The molecule has 0 atom stereocenters. The first-order valence-corrected chi connectivity index (χ1v) is 7.80. The molecular weight excluding hydrogens is 413 g/mol. The molecule has 0 saturated carbocycles. The Kier molecular flexibility index (Phi) is 8.04. The zero-order chi connectivity index (χ0) is 16.8. The number of hydrogen-bond donors (Lipinski definition) is 2. The van der Waals surface area contributed by atoms with E-state index in [1.807, 2.05) is 31.2 Å². The van der Waals surface area contributed by atoms with E-state index in [1.54, 1.807) is 7.11 Å². The molecule has 0 unspecified atom stereocenters. The van der Waals surface area contributed by atoms with E-state index in [-0.39, 0.29) is 24.0 Å². The number of nitrogens with two attached hydrogens (primary N) is 1. The summed E-state index contributed by atoms with van der Waals surface area (Å²) in [6.07, 6.45) is 0. The summed E-state index contributed by atoms with van der Waals surface area (Å²) < 4.78 is 5.26. The number of halogens is 1. The van der Waals surface area contributed by atoms with Gasteiger partial charge >= 0.3 is 0 Å². The molecule has 3 N–H and O–H groups in total. The summed E-state index contributed by atoms with van der Waals surface area (Å²) >= 11 is 0. The second-order valence-electron chi connectivity index (χ2n) is 5.91. The fourth-order valence-corrected chi connectivity index (χ4v) is 2.38. The van der Waals surface area contributed by atoms with Gasteiger partial charge in [0.15, 0.2) is 5.96 Å². The minimum atomic E-state index is 0. The van der Waals surface area contributed by atoms with Gasteiger partial charge in [-0.15, -0.1) is 24.0 Å². The molecule has 24 heavy (non-hydrogen) atoms. The van der Waals surface area contributed by atoms with Crippen LogP contribution in [0.5, 0.6) is 5.75 Å². The van der Waals surface area contributed by atoms with Gasteiger partial charge in [0, 0.05) is 5.69 Å². The third-order valence-corrected chi connectivity index (χ3v) is 3.72. The Labute approximate surface area is 161 Å². The highest BCUT2D eigenvalue weighted by Crippen LogP contribution is 2.20.